The van der Waals surface area contributed by atoms with Gasteiger partial charge in [0.15, 0.2) is 0 Å². The zero-order valence-corrected chi connectivity index (χ0v) is 9.06. The quantitative estimate of drug-likeness (QED) is 0.855. The maximum absolute atomic E-state index is 5.65. The van der Waals surface area contributed by atoms with E-state index in [2.05, 4.69) is 5.16 Å². The first-order chi connectivity index (χ1) is 7.76. The zero-order chi connectivity index (χ0) is 11.5. The lowest BCUT2D eigenvalue weighted by atomic mass is 10.1. The van der Waals surface area contributed by atoms with Gasteiger partial charge in [-0.15, -0.1) is 0 Å². The third-order valence-corrected chi connectivity index (χ3v) is 2.30. The second-order valence-corrected chi connectivity index (χ2v) is 3.17. The zero-order valence-electron chi connectivity index (χ0n) is 9.06. The Bertz CT molecular complexity index is 494. The Morgan fingerprint density at radius 2 is 2.00 bits per heavy atom. The van der Waals surface area contributed by atoms with Gasteiger partial charge in [-0.2, -0.15) is 0 Å². The van der Waals surface area contributed by atoms with Crippen LogP contribution in [0.25, 0.3) is 11.1 Å². The molecule has 2 N–H and O–H groups in total. The van der Waals surface area contributed by atoms with Gasteiger partial charge in [0.2, 0.25) is 5.88 Å². The summed E-state index contributed by atoms with van der Waals surface area (Å²) < 4.78 is 15.2. The first kappa shape index (κ1) is 10.4. The Labute approximate surface area is 92.8 Å². The van der Waals surface area contributed by atoms with Gasteiger partial charge < -0.3 is 19.7 Å². The van der Waals surface area contributed by atoms with Gasteiger partial charge in [0.25, 0.3) is 0 Å². The summed E-state index contributed by atoms with van der Waals surface area (Å²) in [5, 5.41) is 3.63. The van der Waals surface area contributed by atoms with Crippen LogP contribution in [0.1, 0.15) is 0 Å². The number of nitrogens with zero attached hydrogens (tertiary/aromatic N) is 1. The molecule has 2 aromatic rings. The van der Waals surface area contributed by atoms with E-state index in [1.807, 2.05) is 12.1 Å². The van der Waals surface area contributed by atoms with Crippen molar-refractivity contribution < 1.29 is 14.0 Å². The first-order valence-corrected chi connectivity index (χ1v) is 4.69. The average Bonchev–Trinajstić information content (AvgIpc) is 2.74. The SMILES string of the molecule is COc1ccc(-c2cnoc2N)c(OC)c1. The lowest BCUT2D eigenvalue weighted by molar-refractivity contribution is 0.395. The van der Waals surface area contributed by atoms with Crippen molar-refractivity contribution >= 4 is 5.88 Å². The van der Waals surface area contributed by atoms with Crippen LogP contribution < -0.4 is 15.2 Å². The summed E-state index contributed by atoms with van der Waals surface area (Å²) >= 11 is 0. The standard InChI is InChI=1S/C11H12N2O3/c1-14-7-3-4-8(10(5-7)15-2)9-6-13-16-11(9)12/h3-6H,12H2,1-2H3. The Morgan fingerprint density at radius 3 is 2.56 bits per heavy atom. The Hall–Kier alpha value is -2.17. The van der Waals surface area contributed by atoms with Crippen molar-refractivity contribution in [3.8, 4) is 22.6 Å². The van der Waals surface area contributed by atoms with Crippen LogP contribution in [-0.4, -0.2) is 19.4 Å². The summed E-state index contributed by atoms with van der Waals surface area (Å²) in [7, 11) is 3.18. The Kier molecular flexibility index (Phi) is 2.68. The highest BCUT2D eigenvalue weighted by atomic mass is 16.5. The highest BCUT2D eigenvalue weighted by Crippen LogP contribution is 2.35. The van der Waals surface area contributed by atoms with E-state index in [4.69, 9.17) is 19.7 Å². The van der Waals surface area contributed by atoms with E-state index in [0.717, 1.165) is 11.3 Å². The van der Waals surface area contributed by atoms with E-state index < -0.39 is 0 Å². The highest BCUT2D eigenvalue weighted by Gasteiger charge is 2.13. The molecule has 16 heavy (non-hydrogen) atoms. The van der Waals surface area contributed by atoms with E-state index in [-0.39, 0.29) is 5.88 Å². The fraction of sp³-hybridized carbons (Fsp3) is 0.182. The van der Waals surface area contributed by atoms with Crippen molar-refractivity contribution in [2.75, 3.05) is 20.0 Å². The van der Waals surface area contributed by atoms with Crippen molar-refractivity contribution in [3.63, 3.8) is 0 Å². The van der Waals surface area contributed by atoms with Crippen LogP contribution in [-0.2, 0) is 0 Å². The number of nitrogen functional groups attached to an aromatic ring is 1. The number of rotatable bonds is 3. The molecule has 0 radical (unpaired) electrons. The molecule has 0 unspecified atom stereocenters. The van der Waals surface area contributed by atoms with Crippen molar-refractivity contribution in [3.05, 3.63) is 24.4 Å². The summed E-state index contributed by atoms with van der Waals surface area (Å²) in [6, 6.07) is 5.45. The topological polar surface area (TPSA) is 70.5 Å². The molecule has 0 bridgehead atoms. The monoisotopic (exact) mass is 220 g/mol. The van der Waals surface area contributed by atoms with Crippen LogP contribution in [0.15, 0.2) is 28.9 Å². The molecule has 2 rings (SSSR count). The van der Waals surface area contributed by atoms with Crippen molar-refractivity contribution in [2.45, 2.75) is 0 Å². The lowest BCUT2D eigenvalue weighted by Gasteiger charge is -2.08. The number of hydrogen-bond donors (Lipinski definition) is 1. The van der Waals surface area contributed by atoms with Gasteiger partial charge in [0, 0.05) is 11.6 Å². The van der Waals surface area contributed by atoms with E-state index in [9.17, 15) is 0 Å². The number of hydrogen-bond acceptors (Lipinski definition) is 5. The molecule has 1 aromatic carbocycles. The number of anilines is 1. The minimum atomic E-state index is 0.267. The van der Waals surface area contributed by atoms with Gasteiger partial charge >= 0.3 is 0 Å². The van der Waals surface area contributed by atoms with Gasteiger partial charge in [-0.1, -0.05) is 5.16 Å². The Balaban J connectivity index is 2.53. The maximum Gasteiger partial charge on any atom is 0.230 e. The van der Waals surface area contributed by atoms with Gasteiger partial charge in [-0.05, 0) is 12.1 Å². The molecule has 1 aromatic heterocycles. The summed E-state index contributed by atoms with van der Waals surface area (Å²) in [5.74, 6) is 1.65. The molecule has 84 valence electrons. The van der Waals surface area contributed by atoms with Crippen LogP contribution >= 0.6 is 0 Å². The number of nitrogens with two attached hydrogens (primary N) is 1. The van der Waals surface area contributed by atoms with E-state index in [0.29, 0.717) is 11.3 Å². The highest BCUT2D eigenvalue weighted by molar-refractivity contribution is 5.77. The summed E-state index contributed by atoms with van der Waals surface area (Å²) in [6.07, 6.45) is 1.56. The molecule has 0 fully saturated rings. The second kappa shape index (κ2) is 4.14. The summed E-state index contributed by atoms with van der Waals surface area (Å²) in [5.41, 5.74) is 7.18. The molecule has 0 aliphatic heterocycles. The van der Waals surface area contributed by atoms with E-state index >= 15 is 0 Å². The molecule has 0 saturated heterocycles. The molecule has 0 spiro atoms. The second-order valence-electron chi connectivity index (χ2n) is 3.17. The minimum Gasteiger partial charge on any atom is -0.497 e. The maximum atomic E-state index is 5.65. The fourth-order valence-electron chi connectivity index (χ4n) is 1.47. The van der Waals surface area contributed by atoms with Crippen LogP contribution in [0.4, 0.5) is 5.88 Å². The van der Waals surface area contributed by atoms with Gasteiger partial charge in [0.05, 0.1) is 26.0 Å². The predicted molar refractivity (Wildman–Crippen MR) is 59.5 cm³/mol. The molecule has 5 nitrogen and oxygen atoms in total. The number of aromatic nitrogens is 1. The van der Waals surface area contributed by atoms with Crippen LogP contribution in [0, 0.1) is 0 Å². The number of benzene rings is 1. The molecule has 0 aliphatic carbocycles. The molecule has 0 aliphatic rings. The Morgan fingerprint density at radius 1 is 1.19 bits per heavy atom. The van der Waals surface area contributed by atoms with E-state index in [1.165, 1.54) is 0 Å². The smallest absolute Gasteiger partial charge is 0.230 e. The van der Waals surface area contributed by atoms with Gasteiger partial charge in [-0.3, -0.25) is 0 Å². The molecular formula is C11H12N2O3. The molecular weight excluding hydrogens is 208 g/mol. The van der Waals surface area contributed by atoms with Crippen molar-refractivity contribution in [2.24, 2.45) is 0 Å². The number of methoxy groups -OCH3 is 2. The lowest BCUT2D eigenvalue weighted by Crippen LogP contribution is -1.91. The normalized spacial score (nSPS) is 10.1. The minimum absolute atomic E-state index is 0.267. The molecule has 0 amide bonds. The van der Waals surface area contributed by atoms with Crippen molar-refractivity contribution in [1.29, 1.82) is 0 Å². The fourth-order valence-corrected chi connectivity index (χ4v) is 1.47. The largest absolute Gasteiger partial charge is 0.497 e. The summed E-state index contributed by atoms with van der Waals surface area (Å²) in [6.45, 7) is 0. The van der Waals surface area contributed by atoms with Crippen LogP contribution in [0.5, 0.6) is 11.5 Å². The van der Waals surface area contributed by atoms with E-state index in [1.54, 1.807) is 26.5 Å². The molecule has 1 heterocycles. The third-order valence-electron chi connectivity index (χ3n) is 2.30. The van der Waals surface area contributed by atoms with Crippen LogP contribution in [0.3, 0.4) is 0 Å². The first-order valence-electron chi connectivity index (χ1n) is 4.69. The van der Waals surface area contributed by atoms with Gasteiger partial charge in [0.1, 0.15) is 11.5 Å². The molecule has 0 saturated carbocycles. The molecule has 0 atom stereocenters. The number of ether oxygens (including phenoxy) is 2. The van der Waals surface area contributed by atoms with Crippen molar-refractivity contribution in [1.82, 2.24) is 5.16 Å². The van der Waals surface area contributed by atoms with Gasteiger partial charge in [-0.25, -0.2) is 0 Å². The third kappa shape index (κ3) is 1.67. The predicted octanol–water partition coefficient (Wildman–Crippen LogP) is 1.94. The summed E-state index contributed by atoms with van der Waals surface area (Å²) in [4.78, 5) is 0. The molecule has 5 heteroatoms. The average molecular weight is 220 g/mol. The van der Waals surface area contributed by atoms with Crippen LogP contribution in [0.2, 0.25) is 0 Å².